The molecule has 0 amide bonds. The highest BCUT2D eigenvalue weighted by Crippen LogP contribution is 2.40. The number of halogens is 2. The van der Waals surface area contributed by atoms with E-state index < -0.39 is 47.7 Å². The van der Waals surface area contributed by atoms with Gasteiger partial charge in [-0.1, -0.05) is 28.5 Å². The standard InChI is InChI=1S/C17H18BrClN4O7S/c1-7(24)27-6-11-14(28-8(2)25)13(22-23-20)15(29-9(3)26)17(30-11)31-12-4-10(19)5-21-16(12)18/h4-5,11,13-15,17H,6H2,1-3H3/t11?,13?,14-,15?,17+/m0/s1. The van der Waals surface area contributed by atoms with E-state index in [2.05, 4.69) is 30.9 Å². The molecule has 1 aromatic rings. The molecule has 0 saturated carbocycles. The highest BCUT2D eigenvalue weighted by atomic mass is 79.9. The number of pyridine rings is 1. The number of thioether (sulfide) groups is 1. The van der Waals surface area contributed by atoms with Gasteiger partial charge in [0.2, 0.25) is 0 Å². The molecule has 1 saturated heterocycles. The maximum Gasteiger partial charge on any atom is 0.303 e. The summed E-state index contributed by atoms with van der Waals surface area (Å²) >= 11 is 10.4. The van der Waals surface area contributed by atoms with E-state index in [1.807, 2.05) is 0 Å². The van der Waals surface area contributed by atoms with Crippen LogP contribution in [0.4, 0.5) is 0 Å². The van der Waals surface area contributed by atoms with Crippen LogP contribution in [0.2, 0.25) is 5.02 Å². The predicted molar refractivity (Wildman–Crippen MR) is 112 cm³/mol. The zero-order valence-corrected chi connectivity index (χ0v) is 19.7. The summed E-state index contributed by atoms with van der Waals surface area (Å²) in [6.07, 6.45) is -1.88. The molecule has 3 unspecified atom stereocenters. The van der Waals surface area contributed by atoms with Crippen molar-refractivity contribution in [2.45, 2.75) is 55.5 Å². The van der Waals surface area contributed by atoms with Crippen LogP contribution in [-0.4, -0.2) is 59.3 Å². The van der Waals surface area contributed by atoms with Gasteiger partial charge in [0.05, 0.1) is 5.02 Å². The van der Waals surface area contributed by atoms with Crippen LogP contribution in [-0.2, 0) is 33.3 Å². The fraction of sp³-hybridized carbons (Fsp3) is 0.529. The van der Waals surface area contributed by atoms with E-state index in [0.29, 0.717) is 14.5 Å². The van der Waals surface area contributed by atoms with E-state index in [1.54, 1.807) is 6.07 Å². The van der Waals surface area contributed by atoms with Crippen LogP contribution in [0.25, 0.3) is 10.4 Å². The van der Waals surface area contributed by atoms with Crippen molar-refractivity contribution in [1.82, 2.24) is 4.98 Å². The molecular formula is C17H18BrClN4O7S. The molecule has 1 aliphatic heterocycles. The molecule has 0 N–H and O–H groups in total. The minimum absolute atomic E-state index is 0.288. The summed E-state index contributed by atoms with van der Waals surface area (Å²) in [5.74, 6) is -1.94. The normalized spacial score (nSPS) is 25.1. The van der Waals surface area contributed by atoms with E-state index >= 15 is 0 Å². The van der Waals surface area contributed by atoms with Gasteiger partial charge in [0.15, 0.2) is 0 Å². The summed E-state index contributed by atoms with van der Waals surface area (Å²) in [5, 5.41) is 4.05. The van der Waals surface area contributed by atoms with Gasteiger partial charge >= 0.3 is 17.9 Å². The zero-order chi connectivity index (χ0) is 23.1. The van der Waals surface area contributed by atoms with Gasteiger partial charge in [-0.05, 0) is 27.5 Å². The lowest BCUT2D eigenvalue weighted by molar-refractivity contribution is -0.201. The van der Waals surface area contributed by atoms with Crippen molar-refractivity contribution >= 4 is 57.2 Å². The van der Waals surface area contributed by atoms with Crippen LogP contribution in [0.1, 0.15) is 20.8 Å². The summed E-state index contributed by atoms with van der Waals surface area (Å²) < 4.78 is 22.1. The van der Waals surface area contributed by atoms with Gasteiger partial charge in [0, 0.05) is 36.8 Å². The van der Waals surface area contributed by atoms with Gasteiger partial charge in [-0.3, -0.25) is 14.4 Å². The molecule has 1 aromatic heterocycles. The first-order valence-electron chi connectivity index (χ1n) is 8.77. The molecule has 5 atom stereocenters. The van der Waals surface area contributed by atoms with Crippen molar-refractivity contribution in [2.24, 2.45) is 5.11 Å². The summed E-state index contributed by atoms with van der Waals surface area (Å²) in [4.78, 5) is 42.2. The van der Waals surface area contributed by atoms with E-state index in [4.69, 9.17) is 36.1 Å². The Morgan fingerprint density at radius 2 is 1.90 bits per heavy atom. The van der Waals surface area contributed by atoms with Gasteiger partial charge in [0.25, 0.3) is 0 Å². The molecule has 1 aliphatic rings. The van der Waals surface area contributed by atoms with Gasteiger partial charge in [-0.15, -0.1) is 0 Å². The number of carbonyl (C=O) groups is 3. The Kier molecular flexibility index (Phi) is 9.38. The smallest absolute Gasteiger partial charge is 0.303 e. The van der Waals surface area contributed by atoms with Gasteiger partial charge in [0.1, 0.15) is 41.0 Å². The second-order valence-electron chi connectivity index (χ2n) is 6.25. The molecule has 0 aliphatic carbocycles. The van der Waals surface area contributed by atoms with Crippen LogP contribution in [0.5, 0.6) is 0 Å². The molecule has 168 valence electrons. The monoisotopic (exact) mass is 536 g/mol. The van der Waals surface area contributed by atoms with Crippen molar-refractivity contribution in [1.29, 1.82) is 0 Å². The molecule has 0 bridgehead atoms. The molecule has 0 spiro atoms. The third-order valence-electron chi connectivity index (χ3n) is 3.87. The molecule has 0 radical (unpaired) electrons. The van der Waals surface area contributed by atoms with Crippen LogP contribution in [0.15, 0.2) is 26.9 Å². The lowest BCUT2D eigenvalue weighted by Gasteiger charge is -2.43. The third-order valence-corrected chi connectivity index (χ3v) is 6.15. The topological polar surface area (TPSA) is 150 Å². The van der Waals surface area contributed by atoms with Crippen molar-refractivity contribution in [3.63, 3.8) is 0 Å². The summed E-state index contributed by atoms with van der Waals surface area (Å²) in [5.41, 5.74) is 8.15. The van der Waals surface area contributed by atoms with Gasteiger partial charge in [-0.2, -0.15) is 0 Å². The number of esters is 3. The number of hydrogen-bond donors (Lipinski definition) is 0. The second-order valence-corrected chi connectivity index (χ2v) is 8.58. The van der Waals surface area contributed by atoms with Crippen LogP contribution in [0, 0.1) is 0 Å². The van der Waals surface area contributed by atoms with Gasteiger partial charge < -0.3 is 18.9 Å². The molecular weight excluding hydrogens is 520 g/mol. The van der Waals surface area contributed by atoms with Crippen molar-refractivity contribution in [2.75, 3.05) is 6.61 Å². The Bertz CT molecular complexity index is 901. The molecule has 2 heterocycles. The van der Waals surface area contributed by atoms with Crippen molar-refractivity contribution in [3.05, 3.63) is 32.3 Å². The maximum atomic E-state index is 11.8. The molecule has 2 rings (SSSR count). The number of hydrogen-bond acceptors (Lipinski definition) is 10. The quantitative estimate of drug-likeness (QED) is 0.127. The Balaban J connectivity index is 2.47. The Morgan fingerprint density at radius 1 is 1.26 bits per heavy atom. The van der Waals surface area contributed by atoms with E-state index in [9.17, 15) is 14.4 Å². The average molecular weight is 538 g/mol. The second kappa shape index (κ2) is 11.5. The van der Waals surface area contributed by atoms with Crippen LogP contribution < -0.4 is 0 Å². The van der Waals surface area contributed by atoms with E-state index in [0.717, 1.165) is 18.7 Å². The highest BCUT2D eigenvalue weighted by Gasteiger charge is 2.50. The fourth-order valence-electron chi connectivity index (χ4n) is 2.78. The summed E-state index contributed by atoms with van der Waals surface area (Å²) in [6, 6.07) is 0.453. The minimum Gasteiger partial charge on any atom is -0.463 e. The van der Waals surface area contributed by atoms with E-state index in [-0.39, 0.29) is 6.61 Å². The number of aromatic nitrogens is 1. The number of ether oxygens (including phenoxy) is 4. The molecule has 1 fully saturated rings. The molecule has 14 heteroatoms. The fourth-order valence-corrected chi connectivity index (χ4v) is 4.64. The Morgan fingerprint density at radius 3 is 2.48 bits per heavy atom. The lowest BCUT2D eigenvalue weighted by atomic mass is 9.97. The summed E-state index contributed by atoms with van der Waals surface area (Å²) in [6.45, 7) is 3.25. The van der Waals surface area contributed by atoms with Crippen LogP contribution >= 0.6 is 39.3 Å². The van der Waals surface area contributed by atoms with Gasteiger partial charge in [-0.25, -0.2) is 4.98 Å². The number of nitrogens with zero attached hydrogens (tertiary/aromatic N) is 4. The van der Waals surface area contributed by atoms with Crippen LogP contribution in [0.3, 0.4) is 0 Å². The molecule has 11 nitrogen and oxygen atoms in total. The first-order chi connectivity index (χ1) is 14.6. The average Bonchev–Trinajstić information content (AvgIpc) is 2.67. The maximum absolute atomic E-state index is 11.8. The van der Waals surface area contributed by atoms with E-state index in [1.165, 1.54) is 20.0 Å². The zero-order valence-electron chi connectivity index (χ0n) is 16.6. The number of carbonyl (C=O) groups excluding carboxylic acids is 3. The van der Waals surface area contributed by atoms with Crippen molar-refractivity contribution < 1.29 is 33.3 Å². The summed E-state index contributed by atoms with van der Waals surface area (Å²) in [7, 11) is 0. The first kappa shape index (κ1) is 25.2. The predicted octanol–water partition coefficient (Wildman–Crippen LogP) is 3.42. The first-order valence-corrected chi connectivity index (χ1v) is 10.8. The number of azide groups is 1. The number of rotatable bonds is 7. The third kappa shape index (κ3) is 7.25. The minimum atomic E-state index is -1.17. The largest absolute Gasteiger partial charge is 0.463 e. The SMILES string of the molecule is CC(=O)OCC1O[C@H](Sc2cc(Cl)cnc2Br)C(OC(C)=O)C(N=[N+]=[N-])[C@H]1OC(C)=O. The Labute approximate surface area is 194 Å². The Hall–Kier alpha value is -2.05. The highest BCUT2D eigenvalue weighted by molar-refractivity contribution is 9.10. The van der Waals surface area contributed by atoms with Crippen molar-refractivity contribution in [3.8, 4) is 0 Å². The lowest BCUT2D eigenvalue weighted by Crippen LogP contribution is -2.59. The molecule has 0 aromatic carbocycles. The molecule has 31 heavy (non-hydrogen) atoms.